The van der Waals surface area contributed by atoms with Crippen molar-refractivity contribution in [2.45, 2.75) is 25.3 Å². The molecule has 0 unspecified atom stereocenters. The Hall–Kier alpha value is -3.93. The molecule has 34 heavy (non-hydrogen) atoms. The van der Waals surface area contributed by atoms with Crippen molar-refractivity contribution in [2.24, 2.45) is 0 Å². The van der Waals surface area contributed by atoms with E-state index >= 15 is 0 Å². The number of benzene rings is 4. The predicted octanol–water partition coefficient (Wildman–Crippen LogP) is 4.69. The van der Waals surface area contributed by atoms with Crippen LogP contribution in [-0.4, -0.2) is 16.2 Å². The lowest BCUT2D eigenvalue weighted by molar-refractivity contribution is 0.0316. The fourth-order valence-corrected chi connectivity index (χ4v) is 3.93. The molecule has 0 aliphatic carbocycles. The Morgan fingerprint density at radius 3 is 1.15 bits per heavy atom. The van der Waals surface area contributed by atoms with Gasteiger partial charge in [0.25, 0.3) is 0 Å². The standard InChI is InChI=1S/C29H28N2O3/c1-21-13-17-25(18-14-21)28(33,23-9-5-3-6-10-23)30-27(32)31-29(34,24-11-7-4-8-12-24)26-19-15-22(2)16-20-26/h3-20,33-34H,1-2H3,(H2,30,31,32)/t28-,29+. The number of rotatable bonds is 6. The van der Waals surface area contributed by atoms with Crippen LogP contribution in [-0.2, 0) is 11.4 Å². The van der Waals surface area contributed by atoms with Crippen LogP contribution in [0.5, 0.6) is 0 Å². The van der Waals surface area contributed by atoms with Crippen LogP contribution in [0.3, 0.4) is 0 Å². The molecule has 0 spiro atoms. The molecule has 172 valence electrons. The first kappa shape index (κ1) is 23.2. The second kappa shape index (κ2) is 9.51. The van der Waals surface area contributed by atoms with E-state index in [4.69, 9.17) is 0 Å². The van der Waals surface area contributed by atoms with Crippen LogP contribution in [0.2, 0.25) is 0 Å². The highest BCUT2D eigenvalue weighted by atomic mass is 16.3. The Bertz CT molecular complexity index is 1140. The summed E-state index contributed by atoms with van der Waals surface area (Å²) in [4.78, 5) is 13.4. The Morgan fingerprint density at radius 1 is 0.529 bits per heavy atom. The summed E-state index contributed by atoms with van der Waals surface area (Å²) in [6.45, 7) is 3.90. The molecule has 0 fully saturated rings. The van der Waals surface area contributed by atoms with Gasteiger partial charge in [0, 0.05) is 22.3 Å². The molecule has 0 saturated carbocycles. The van der Waals surface area contributed by atoms with E-state index in [0.29, 0.717) is 22.3 Å². The normalized spacial score (nSPS) is 14.5. The van der Waals surface area contributed by atoms with E-state index in [0.717, 1.165) is 11.1 Å². The summed E-state index contributed by atoms with van der Waals surface area (Å²) in [6.07, 6.45) is 0. The maximum absolute atomic E-state index is 13.4. The second-order valence-corrected chi connectivity index (χ2v) is 8.46. The van der Waals surface area contributed by atoms with Crippen LogP contribution in [0.25, 0.3) is 0 Å². The highest BCUT2D eigenvalue weighted by Gasteiger charge is 2.38. The van der Waals surface area contributed by atoms with Crippen LogP contribution in [0, 0.1) is 13.8 Å². The van der Waals surface area contributed by atoms with E-state index < -0.39 is 17.5 Å². The summed E-state index contributed by atoms with van der Waals surface area (Å²) < 4.78 is 0. The highest BCUT2D eigenvalue weighted by molar-refractivity contribution is 5.77. The number of carbonyl (C=O) groups excluding carboxylic acids is 1. The molecule has 5 heteroatoms. The summed E-state index contributed by atoms with van der Waals surface area (Å²) in [7, 11) is 0. The number of aryl methyl sites for hydroxylation is 2. The predicted molar refractivity (Wildman–Crippen MR) is 133 cm³/mol. The van der Waals surface area contributed by atoms with Crippen LogP contribution >= 0.6 is 0 Å². The Morgan fingerprint density at radius 2 is 0.824 bits per heavy atom. The van der Waals surface area contributed by atoms with Crippen LogP contribution in [0.15, 0.2) is 109 Å². The Kier molecular flexibility index (Phi) is 6.50. The topological polar surface area (TPSA) is 81.6 Å². The lowest BCUT2D eigenvalue weighted by Crippen LogP contribution is -2.56. The molecule has 0 aliphatic rings. The number of amides is 2. The number of aliphatic hydroxyl groups is 2. The molecule has 0 bridgehead atoms. The third kappa shape index (κ3) is 4.71. The Balaban J connectivity index is 1.72. The maximum Gasteiger partial charge on any atom is 0.320 e. The van der Waals surface area contributed by atoms with Gasteiger partial charge in [-0.25, -0.2) is 4.79 Å². The monoisotopic (exact) mass is 452 g/mol. The van der Waals surface area contributed by atoms with E-state index in [9.17, 15) is 15.0 Å². The molecule has 0 radical (unpaired) electrons. The maximum atomic E-state index is 13.4. The van der Waals surface area contributed by atoms with Gasteiger partial charge in [-0.3, -0.25) is 0 Å². The molecular formula is C29H28N2O3. The van der Waals surface area contributed by atoms with Gasteiger partial charge in [-0.05, 0) is 13.8 Å². The first-order chi connectivity index (χ1) is 16.3. The zero-order chi connectivity index (χ0) is 24.2. The molecule has 5 nitrogen and oxygen atoms in total. The third-order valence-electron chi connectivity index (χ3n) is 5.91. The quantitative estimate of drug-likeness (QED) is 0.321. The lowest BCUT2D eigenvalue weighted by Gasteiger charge is -2.34. The average molecular weight is 453 g/mol. The molecule has 0 aromatic heterocycles. The minimum atomic E-state index is -1.82. The minimum Gasteiger partial charge on any atom is -0.363 e. The van der Waals surface area contributed by atoms with Gasteiger partial charge in [-0.15, -0.1) is 0 Å². The van der Waals surface area contributed by atoms with Crippen molar-refractivity contribution < 1.29 is 15.0 Å². The van der Waals surface area contributed by atoms with E-state index in [-0.39, 0.29) is 0 Å². The van der Waals surface area contributed by atoms with Crippen molar-refractivity contribution in [1.82, 2.24) is 10.6 Å². The molecule has 2 amide bonds. The zero-order valence-electron chi connectivity index (χ0n) is 19.2. The van der Waals surface area contributed by atoms with Gasteiger partial charge in [0.05, 0.1) is 0 Å². The van der Waals surface area contributed by atoms with Crippen molar-refractivity contribution in [3.63, 3.8) is 0 Å². The first-order valence-electron chi connectivity index (χ1n) is 11.1. The van der Waals surface area contributed by atoms with Crippen LogP contribution in [0.4, 0.5) is 4.79 Å². The van der Waals surface area contributed by atoms with Crippen LogP contribution in [0.1, 0.15) is 33.4 Å². The zero-order valence-corrected chi connectivity index (χ0v) is 19.2. The number of hydrogen-bond donors (Lipinski definition) is 4. The van der Waals surface area contributed by atoms with Gasteiger partial charge in [0.2, 0.25) is 0 Å². The van der Waals surface area contributed by atoms with Gasteiger partial charge in [-0.1, -0.05) is 120 Å². The van der Waals surface area contributed by atoms with Crippen molar-refractivity contribution in [3.05, 3.63) is 143 Å². The van der Waals surface area contributed by atoms with Crippen molar-refractivity contribution in [1.29, 1.82) is 0 Å². The number of carbonyl (C=O) groups is 1. The van der Waals surface area contributed by atoms with E-state index in [1.54, 1.807) is 72.8 Å². The van der Waals surface area contributed by atoms with E-state index in [2.05, 4.69) is 10.6 Å². The fourth-order valence-electron chi connectivity index (χ4n) is 3.93. The highest BCUT2D eigenvalue weighted by Crippen LogP contribution is 2.30. The van der Waals surface area contributed by atoms with Gasteiger partial charge in [0.1, 0.15) is 0 Å². The number of urea groups is 1. The minimum absolute atomic E-state index is 0.493. The average Bonchev–Trinajstić information content (AvgIpc) is 2.85. The molecule has 2 atom stereocenters. The number of nitrogens with one attached hydrogen (secondary N) is 2. The number of hydrogen-bond acceptors (Lipinski definition) is 3. The third-order valence-corrected chi connectivity index (χ3v) is 5.91. The van der Waals surface area contributed by atoms with E-state index in [1.165, 1.54) is 0 Å². The summed E-state index contributed by atoms with van der Waals surface area (Å²) in [5, 5.41) is 28.9. The Labute approximate surface area is 199 Å². The van der Waals surface area contributed by atoms with Crippen molar-refractivity contribution in [3.8, 4) is 0 Å². The molecular weight excluding hydrogens is 424 g/mol. The van der Waals surface area contributed by atoms with Crippen molar-refractivity contribution in [2.75, 3.05) is 0 Å². The summed E-state index contributed by atoms with van der Waals surface area (Å²) in [6, 6.07) is 31.6. The largest absolute Gasteiger partial charge is 0.363 e. The van der Waals surface area contributed by atoms with Crippen LogP contribution < -0.4 is 10.6 Å². The van der Waals surface area contributed by atoms with E-state index in [1.807, 2.05) is 50.2 Å². The summed E-state index contributed by atoms with van der Waals surface area (Å²) in [5.41, 5.74) is 0.410. The summed E-state index contributed by atoms with van der Waals surface area (Å²) >= 11 is 0. The first-order valence-corrected chi connectivity index (χ1v) is 11.1. The molecule has 0 aliphatic heterocycles. The van der Waals surface area contributed by atoms with Gasteiger partial charge >= 0.3 is 6.03 Å². The van der Waals surface area contributed by atoms with Gasteiger partial charge in [-0.2, -0.15) is 0 Å². The van der Waals surface area contributed by atoms with Gasteiger partial charge < -0.3 is 20.8 Å². The lowest BCUT2D eigenvalue weighted by atomic mass is 9.92. The van der Waals surface area contributed by atoms with Crippen molar-refractivity contribution >= 4 is 6.03 Å². The molecule has 4 aromatic rings. The smallest absolute Gasteiger partial charge is 0.320 e. The SMILES string of the molecule is Cc1ccc([C@@](O)(NC(=O)N[C@](O)(c2ccccc2)c2ccc(C)cc2)c2ccccc2)cc1. The molecule has 4 N–H and O–H groups in total. The van der Waals surface area contributed by atoms with Gasteiger partial charge in [0.15, 0.2) is 11.4 Å². The summed E-state index contributed by atoms with van der Waals surface area (Å²) in [5.74, 6) is 0. The molecule has 0 heterocycles. The molecule has 4 aromatic carbocycles. The fraction of sp³-hybridized carbons (Fsp3) is 0.138. The molecule has 0 saturated heterocycles. The molecule has 4 rings (SSSR count). The second-order valence-electron chi connectivity index (χ2n) is 8.46.